The number of nitrogens with one attached hydrogen (secondary N) is 1. The molecule has 1 aromatic carbocycles. The predicted molar refractivity (Wildman–Crippen MR) is 77.2 cm³/mol. The standard InChI is InChI=1S/C16H21FN2O2/c17-14-7-2-1-4-12(14)11-19(13-5-3-6-13)16(20)15-10-18-8-9-21-15/h1-2,4,7,13,15,18H,3,5-6,8-11H2/t15-/m0/s1. The van der Waals surface area contributed by atoms with Crippen LogP contribution in [0.25, 0.3) is 0 Å². The van der Waals surface area contributed by atoms with Crippen molar-refractivity contribution in [1.29, 1.82) is 0 Å². The number of amides is 1. The first-order chi connectivity index (χ1) is 10.3. The normalized spacial score (nSPS) is 22.6. The first-order valence-corrected chi connectivity index (χ1v) is 7.62. The van der Waals surface area contributed by atoms with E-state index in [0.717, 1.165) is 25.8 Å². The smallest absolute Gasteiger partial charge is 0.253 e. The molecule has 1 saturated carbocycles. The fraction of sp³-hybridized carbons (Fsp3) is 0.562. The highest BCUT2D eigenvalue weighted by Crippen LogP contribution is 2.27. The molecule has 0 radical (unpaired) electrons. The summed E-state index contributed by atoms with van der Waals surface area (Å²) in [6.45, 7) is 2.20. The highest BCUT2D eigenvalue weighted by Gasteiger charge is 2.34. The topological polar surface area (TPSA) is 41.6 Å². The van der Waals surface area contributed by atoms with Gasteiger partial charge >= 0.3 is 0 Å². The minimum Gasteiger partial charge on any atom is -0.366 e. The van der Waals surface area contributed by atoms with Crippen LogP contribution in [0.15, 0.2) is 24.3 Å². The molecule has 4 nitrogen and oxygen atoms in total. The van der Waals surface area contributed by atoms with Gasteiger partial charge in [-0.15, -0.1) is 0 Å². The van der Waals surface area contributed by atoms with Crippen molar-refractivity contribution < 1.29 is 13.9 Å². The summed E-state index contributed by atoms with van der Waals surface area (Å²) < 4.78 is 19.4. The van der Waals surface area contributed by atoms with Crippen LogP contribution in [0.1, 0.15) is 24.8 Å². The highest BCUT2D eigenvalue weighted by molar-refractivity contribution is 5.81. The summed E-state index contributed by atoms with van der Waals surface area (Å²) in [5.74, 6) is -0.271. The SMILES string of the molecule is O=C([C@@H]1CNCCO1)N(Cc1ccccc1F)C1CCC1. The van der Waals surface area contributed by atoms with Crippen molar-refractivity contribution in [3.8, 4) is 0 Å². The summed E-state index contributed by atoms with van der Waals surface area (Å²) in [5, 5.41) is 3.17. The van der Waals surface area contributed by atoms with Crippen LogP contribution in [0, 0.1) is 5.82 Å². The Morgan fingerprint density at radius 2 is 2.19 bits per heavy atom. The molecule has 2 fully saturated rings. The zero-order valence-electron chi connectivity index (χ0n) is 12.1. The van der Waals surface area contributed by atoms with Crippen LogP contribution < -0.4 is 5.32 Å². The van der Waals surface area contributed by atoms with Crippen molar-refractivity contribution in [1.82, 2.24) is 10.2 Å². The van der Waals surface area contributed by atoms with Crippen molar-refractivity contribution in [3.05, 3.63) is 35.6 Å². The molecule has 1 amide bonds. The van der Waals surface area contributed by atoms with Crippen molar-refractivity contribution >= 4 is 5.91 Å². The van der Waals surface area contributed by atoms with Gasteiger partial charge in [-0.05, 0) is 25.3 Å². The number of halogens is 1. The molecule has 114 valence electrons. The van der Waals surface area contributed by atoms with E-state index in [9.17, 15) is 9.18 Å². The summed E-state index contributed by atoms with van der Waals surface area (Å²) >= 11 is 0. The number of hydrogen-bond acceptors (Lipinski definition) is 3. The third-order valence-corrected chi connectivity index (χ3v) is 4.30. The summed E-state index contributed by atoms with van der Waals surface area (Å²) in [6, 6.07) is 6.89. The average Bonchev–Trinajstić information content (AvgIpc) is 2.47. The Morgan fingerprint density at radius 1 is 1.38 bits per heavy atom. The molecule has 0 unspecified atom stereocenters. The molecule has 1 N–H and O–H groups in total. The molecular formula is C16H21FN2O2. The van der Waals surface area contributed by atoms with Gasteiger partial charge in [0.05, 0.1) is 6.61 Å². The lowest BCUT2D eigenvalue weighted by molar-refractivity contribution is -0.150. The van der Waals surface area contributed by atoms with Crippen LogP contribution in [0.3, 0.4) is 0 Å². The molecule has 0 aromatic heterocycles. The van der Waals surface area contributed by atoms with Crippen LogP contribution in [0.4, 0.5) is 4.39 Å². The lowest BCUT2D eigenvalue weighted by atomic mass is 9.90. The Morgan fingerprint density at radius 3 is 2.81 bits per heavy atom. The van der Waals surface area contributed by atoms with Crippen LogP contribution in [0.5, 0.6) is 0 Å². The maximum atomic E-state index is 13.9. The lowest BCUT2D eigenvalue weighted by Crippen LogP contribution is -2.53. The van der Waals surface area contributed by atoms with Crippen LogP contribution >= 0.6 is 0 Å². The van der Waals surface area contributed by atoms with Gasteiger partial charge in [-0.1, -0.05) is 18.2 Å². The van der Waals surface area contributed by atoms with Gasteiger partial charge in [-0.3, -0.25) is 4.79 Å². The second-order valence-electron chi connectivity index (χ2n) is 5.71. The Kier molecular flexibility index (Phi) is 4.51. The number of ether oxygens (including phenoxy) is 1. The monoisotopic (exact) mass is 292 g/mol. The average molecular weight is 292 g/mol. The van der Waals surface area contributed by atoms with Gasteiger partial charge in [0.1, 0.15) is 11.9 Å². The van der Waals surface area contributed by atoms with Gasteiger partial charge in [-0.25, -0.2) is 4.39 Å². The number of hydrogen-bond donors (Lipinski definition) is 1. The molecule has 21 heavy (non-hydrogen) atoms. The predicted octanol–water partition coefficient (Wildman–Crippen LogP) is 1.70. The minimum atomic E-state index is -0.439. The molecule has 1 aliphatic heterocycles. The number of benzene rings is 1. The largest absolute Gasteiger partial charge is 0.366 e. The summed E-state index contributed by atoms with van der Waals surface area (Å²) in [5.41, 5.74) is 0.571. The molecule has 3 rings (SSSR count). The van der Waals surface area contributed by atoms with Crippen molar-refractivity contribution in [2.75, 3.05) is 19.7 Å². The Balaban J connectivity index is 1.74. The molecule has 1 saturated heterocycles. The molecule has 1 heterocycles. The maximum absolute atomic E-state index is 13.9. The second kappa shape index (κ2) is 6.54. The zero-order valence-corrected chi connectivity index (χ0v) is 12.1. The molecular weight excluding hydrogens is 271 g/mol. The Labute approximate surface area is 124 Å². The van der Waals surface area contributed by atoms with E-state index in [-0.39, 0.29) is 17.8 Å². The molecule has 2 aliphatic rings. The molecule has 1 aliphatic carbocycles. The van der Waals surface area contributed by atoms with Gasteiger partial charge in [0.15, 0.2) is 0 Å². The number of nitrogens with zero attached hydrogens (tertiary/aromatic N) is 1. The van der Waals surface area contributed by atoms with Crippen LogP contribution in [-0.4, -0.2) is 42.6 Å². The fourth-order valence-electron chi connectivity index (χ4n) is 2.80. The van der Waals surface area contributed by atoms with E-state index in [1.165, 1.54) is 6.07 Å². The number of carbonyl (C=O) groups is 1. The number of morpholine rings is 1. The van der Waals surface area contributed by atoms with E-state index in [4.69, 9.17) is 4.74 Å². The molecule has 1 atom stereocenters. The molecule has 1 aromatic rings. The second-order valence-corrected chi connectivity index (χ2v) is 5.71. The molecule has 0 spiro atoms. The summed E-state index contributed by atoms with van der Waals surface area (Å²) in [7, 11) is 0. The minimum absolute atomic E-state index is 0.0184. The van der Waals surface area contributed by atoms with Gasteiger partial charge in [0.2, 0.25) is 0 Å². The van der Waals surface area contributed by atoms with Crippen LogP contribution in [-0.2, 0) is 16.1 Å². The van der Waals surface area contributed by atoms with Gasteiger partial charge in [0, 0.05) is 31.2 Å². The van der Waals surface area contributed by atoms with E-state index in [0.29, 0.717) is 25.3 Å². The van der Waals surface area contributed by atoms with E-state index in [2.05, 4.69) is 5.32 Å². The lowest BCUT2D eigenvalue weighted by Gasteiger charge is -2.40. The zero-order chi connectivity index (χ0) is 14.7. The van der Waals surface area contributed by atoms with E-state index in [1.807, 2.05) is 0 Å². The first-order valence-electron chi connectivity index (χ1n) is 7.62. The van der Waals surface area contributed by atoms with Gasteiger partial charge in [0.25, 0.3) is 5.91 Å². The summed E-state index contributed by atoms with van der Waals surface area (Å²) in [4.78, 5) is 14.5. The third-order valence-electron chi connectivity index (χ3n) is 4.30. The Hall–Kier alpha value is -1.46. The first kappa shape index (κ1) is 14.5. The molecule has 5 heteroatoms. The number of carbonyl (C=O) groups excluding carboxylic acids is 1. The maximum Gasteiger partial charge on any atom is 0.253 e. The van der Waals surface area contributed by atoms with Gasteiger partial charge < -0.3 is 15.0 Å². The van der Waals surface area contributed by atoms with Crippen molar-refractivity contribution in [3.63, 3.8) is 0 Å². The summed E-state index contributed by atoms with van der Waals surface area (Å²) in [6.07, 6.45) is 2.70. The van der Waals surface area contributed by atoms with Gasteiger partial charge in [-0.2, -0.15) is 0 Å². The van der Waals surface area contributed by atoms with E-state index >= 15 is 0 Å². The van der Waals surface area contributed by atoms with Crippen molar-refractivity contribution in [2.24, 2.45) is 0 Å². The van der Waals surface area contributed by atoms with E-state index < -0.39 is 6.10 Å². The quantitative estimate of drug-likeness (QED) is 0.918. The molecule has 0 bridgehead atoms. The third kappa shape index (κ3) is 3.24. The number of rotatable bonds is 4. The Bertz CT molecular complexity index is 499. The fourth-order valence-corrected chi connectivity index (χ4v) is 2.80. The van der Waals surface area contributed by atoms with Crippen molar-refractivity contribution in [2.45, 2.75) is 38.0 Å². The highest BCUT2D eigenvalue weighted by atomic mass is 19.1. The van der Waals surface area contributed by atoms with E-state index in [1.54, 1.807) is 23.1 Å². The van der Waals surface area contributed by atoms with Crippen LogP contribution in [0.2, 0.25) is 0 Å².